The fourth-order valence-corrected chi connectivity index (χ4v) is 2.54. The van der Waals surface area contributed by atoms with E-state index >= 15 is 0 Å². The molecule has 1 N–H and O–H groups in total. The zero-order valence-electron chi connectivity index (χ0n) is 11.6. The van der Waals surface area contributed by atoms with Crippen molar-refractivity contribution in [3.63, 3.8) is 0 Å². The van der Waals surface area contributed by atoms with Crippen molar-refractivity contribution in [3.05, 3.63) is 82.6 Å². The van der Waals surface area contributed by atoms with Crippen molar-refractivity contribution in [2.75, 3.05) is 0 Å². The summed E-state index contributed by atoms with van der Waals surface area (Å²) in [6.07, 6.45) is -0.188. The number of aliphatic hydroxyl groups excluding tert-OH is 1. The van der Waals surface area contributed by atoms with Crippen LogP contribution in [0.4, 0.5) is 0 Å². The number of hydrogen-bond donors (Lipinski definition) is 1. The maximum Gasteiger partial charge on any atom is 0.185 e. The lowest BCUT2D eigenvalue weighted by atomic mass is 9.95. The molecule has 0 radical (unpaired) electrons. The smallest absolute Gasteiger partial charge is 0.185 e. The Morgan fingerprint density at radius 3 is 2.50 bits per heavy atom. The maximum absolute atomic E-state index is 10.8. The summed E-state index contributed by atoms with van der Waals surface area (Å²) < 4.78 is 5.46. The van der Waals surface area contributed by atoms with Gasteiger partial charge in [-0.2, -0.15) is 0 Å². The first-order valence-corrected chi connectivity index (χ1v) is 7.14. The molecule has 3 nitrogen and oxygen atoms in total. The van der Waals surface area contributed by atoms with Crippen LogP contribution in [0.15, 0.2) is 65.1 Å². The Bertz CT molecular complexity index is 793. The molecule has 1 atom stereocenters. The van der Waals surface area contributed by atoms with E-state index in [2.05, 4.69) is 0 Å². The summed E-state index contributed by atoms with van der Waals surface area (Å²) in [5, 5.41) is 11.2. The normalized spacial score (nSPS) is 12.1. The molecule has 1 aromatic heterocycles. The molecule has 22 heavy (non-hydrogen) atoms. The minimum absolute atomic E-state index is 0.241. The van der Waals surface area contributed by atoms with E-state index in [9.17, 15) is 9.90 Å². The first-order chi connectivity index (χ1) is 10.7. The van der Waals surface area contributed by atoms with Gasteiger partial charge in [0.05, 0.1) is 0 Å². The topological polar surface area (TPSA) is 50.4 Å². The molecule has 0 bridgehead atoms. The van der Waals surface area contributed by atoms with E-state index in [1.807, 2.05) is 30.3 Å². The van der Waals surface area contributed by atoms with Crippen LogP contribution >= 0.6 is 11.6 Å². The van der Waals surface area contributed by atoms with E-state index in [1.54, 1.807) is 30.3 Å². The van der Waals surface area contributed by atoms with Crippen LogP contribution in [0, 0.1) is 0 Å². The fourth-order valence-electron chi connectivity index (χ4n) is 2.36. The van der Waals surface area contributed by atoms with Crippen molar-refractivity contribution in [2.45, 2.75) is 6.10 Å². The van der Waals surface area contributed by atoms with Crippen molar-refractivity contribution in [1.29, 1.82) is 0 Å². The zero-order chi connectivity index (χ0) is 15.5. The minimum Gasteiger partial charge on any atom is -0.453 e. The van der Waals surface area contributed by atoms with Crippen LogP contribution in [-0.2, 0) is 0 Å². The third kappa shape index (κ3) is 2.82. The molecule has 1 heterocycles. The Balaban J connectivity index is 2.10. The summed E-state index contributed by atoms with van der Waals surface area (Å²) in [7, 11) is 0. The molecule has 0 aliphatic heterocycles. The summed E-state index contributed by atoms with van der Waals surface area (Å²) >= 11 is 6.07. The standard InChI is InChI=1S/C18H13ClO3/c19-13-6-8-15(17-9-7-14(11-20)22-17)16(10-13)18(21)12-4-2-1-3-5-12/h1-11,18,21H. The Kier molecular flexibility index (Phi) is 4.09. The van der Waals surface area contributed by atoms with Crippen LogP contribution in [0.5, 0.6) is 0 Å². The van der Waals surface area contributed by atoms with E-state index in [4.69, 9.17) is 16.0 Å². The maximum atomic E-state index is 10.8. The van der Waals surface area contributed by atoms with Gasteiger partial charge in [-0.15, -0.1) is 0 Å². The average Bonchev–Trinajstić information content (AvgIpc) is 3.04. The van der Waals surface area contributed by atoms with Crippen molar-refractivity contribution in [2.24, 2.45) is 0 Å². The van der Waals surface area contributed by atoms with E-state index in [0.717, 1.165) is 5.56 Å². The number of furan rings is 1. The van der Waals surface area contributed by atoms with Crippen molar-refractivity contribution in [1.82, 2.24) is 0 Å². The number of benzene rings is 2. The molecule has 1 unspecified atom stereocenters. The fraction of sp³-hybridized carbons (Fsp3) is 0.0556. The third-order valence-corrected chi connectivity index (χ3v) is 3.67. The predicted molar refractivity (Wildman–Crippen MR) is 85.0 cm³/mol. The Labute approximate surface area is 132 Å². The van der Waals surface area contributed by atoms with E-state index in [1.165, 1.54) is 0 Å². The van der Waals surface area contributed by atoms with Crippen LogP contribution in [0.1, 0.15) is 27.8 Å². The molecular formula is C18H13ClO3. The Hall–Kier alpha value is -2.36. The Morgan fingerprint density at radius 1 is 1.05 bits per heavy atom. The highest BCUT2D eigenvalue weighted by Gasteiger charge is 2.18. The molecule has 0 saturated carbocycles. The second-order valence-electron chi connectivity index (χ2n) is 4.86. The van der Waals surface area contributed by atoms with Gasteiger partial charge in [-0.1, -0.05) is 41.9 Å². The van der Waals surface area contributed by atoms with Crippen LogP contribution in [0.2, 0.25) is 5.02 Å². The summed E-state index contributed by atoms with van der Waals surface area (Å²) in [4.78, 5) is 10.8. The number of halogens is 1. The Morgan fingerprint density at radius 2 is 1.82 bits per heavy atom. The van der Waals surface area contributed by atoms with Gasteiger partial charge in [0.1, 0.15) is 11.9 Å². The number of carbonyl (C=O) groups is 1. The number of rotatable bonds is 4. The number of hydrogen-bond acceptors (Lipinski definition) is 3. The lowest BCUT2D eigenvalue weighted by Gasteiger charge is -2.15. The van der Waals surface area contributed by atoms with E-state index in [-0.39, 0.29) is 5.76 Å². The van der Waals surface area contributed by atoms with Gasteiger partial charge >= 0.3 is 0 Å². The van der Waals surface area contributed by atoms with Crippen molar-refractivity contribution in [3.8, 4) is 11.3 Å². The number of aldehydes is 1. The molecule has 110 valence electrons. The van der Waals surface area contributed by atoms with Gasteiger partial charge in [0.25, 0.3) is 0 Å². The average molecular weight is 313 g/mol. The monoisotopic (exact) mass is 312 g/mol. The first-order valence-electron chi connectivity index (χ1n) is 6.77. The first kappa shape index (κ1) is 14.6. The number of carbonyl (C=O) groups excluding carboxylic acids is 1. The largest absolute Gasteiger partial charge is 0.453 e. The molecule has 4 heteroatoms. The number of aliphatic hydroxyl groups is 1. The van der Waals surface area contributed by atoms with Gasteiger partial charge in [0.2, 0.25) is 0 Å². The molecule has 3 aromatic rings. The molecular weight excluding hydrogens is 300 g/mol. The van der Waals surface area contributed by atoms with Crippen molar-refractivity contribution < 1.29 is 14.3 Å². The molecule has 0 spiro atoms. The molecule has 0 saturated heterocycles. The lowest BCUT2D eigenvalue weighted by molar-refractivity contribution is 0.110. The van der Waals surface area contributed by atoms with Gasteiger partial charge in [-0.25, -0.2) is 0 Å². The van der Waals surface area contributed by atoms with Crippen molar-refractivity contribution >= 4 is 17.9 Å². The van der Waals surface area contributed by atoms with Gasteiger partial charge < -0.3 is 9.52 Å². The highest BCUT2D eigenvalue weighted by molar-refractivity contribution is 6.30. The summed E-state index contributed by atoms with van der Waals surface area (Å²) in [5.41, 5.74) is 2.09. The highest BCUT2D eigenvalue weighted by atomic mass is 35.5. The van der Waals surface area contributed by atoms with Gasteiger partial charge in [0.15, 0.2) is 12.0 Å². The second-order valence-corrected chi connectivity index (χ2v) is 5.30. The minimum atomic E-state index is -0.834. The van der Waals surface area contributed by atoms with E-state index in [0.29, 0.717) is 28.2 Å². The van der Waals surface area contributed by atoms with Crippen LogP contribution in [0.25, 0.3) is 11.3 Å². The predicted octanol–water partition coefficient (Wildman–Crippen LogP) is 4.49. The van der Waals surface area contributed by atoms with Gasteiger partial charge in [-0.05, 0) is 41.5 Å². The van der Waals surface area contributed by atoms with Crippen LogP contribution in [-0.4, -0.2) is 11.4 Å². The third-order valence-electron chi connectivity index (χ3n) is 3.43. The molecule has 0 aliphatic carbocycles. The molecule has 0 fully saturated rings. The molecule has 3 rings (SSSR count). The summed E-state index contributed by atoms with van der Waals surface area (Å²) in [6.45, 7) is 0. The molecule has 0 aliphatic rings. The zero-order valence-corrected chi connectivity index (χ0v) is 12.3. The highest BCUT2D eigenvalue weighted by Crippen LogP contribution is 2.34. The summed E-state index contributed by atoms with van der Waals surface area (Å²) in [5.74, 6) is 0.758. The quantitative estimate of drug-likeness (QED) is 0.722. The molecule has 0 amide bonds. The second kappa shape index (κ2) is 6.18. The van der Waals surface area contributed by atoms with Gasteiger partial charge in [0, 0.05) is 10.6 Å². The van der Waals surface area contributed by atoms with E-state index < -0.39 is 6.10 Å². The summed E-state index contributed by atoms with van der Waals surface area (Å²) in [6, 6.07) is 17.8. The van der Waals surface area contributed by atoms with Crippen LogP contribution in [0.3, 0.4) is 0 Å². The molecule has 2 aromatic carbocycles. The SMILES string of the molecule is O=Cc1ccc(-c2ccc(Cl)cc2C(O)c2ccccc2)o1. The lowest BCUT2D eigenvalue weighted by Crippen LogP contribution is -2.01. The van der Waals surface area contributed by atoms with Gasteiger partial charge in [-0.3, -0.25) is 4.79 Å². The van der Waals surface area contributed by atoms with Crippen LogP contribution < -0.4 is 0 Å².